The lowest BCUT2D eigenvalue weighted by Gasteiger charge is -2.02. The van der Waals surface area contributed by atoms with Gasteiger partial charge in [0.1, 0.15) is 0 Å². The number of carbonyl (C=O) groups is 2. The van der Waals surface area contributed by atoms with Gasteiger partial charge in [0.25, 0.3) is 0 Å². The number of carbonyl (C=O) groups excluding carboxylic acids is 1. The molecule has 13 heavy (non-hydrogen) atoms. The first-order chi connectivity index (χ1) is 6.13. The molecule has 1 saturated heterocycles. The number of aliphatic carboxylic acids is 1. The number of hydrogen-bond donors (Lipinski definition) is 2. The quantitative estimate of drug-likeness (QED) is 0.529. The Morgan fingerprint density at radius 3 is 3.00 bits per heavy atom. The van der Waals surface area contributed by atoms with Crippen LogP contribution in [0.4, 0.5) is 0 Å². The fraction of sp³-hybridized carbons (Fsp3) is 0.667. The monoisotopic (exact) mass is 187 g/mol. The van der Waals surface area contributed by atoms with Crippen molar-refractivity contribution < 1.29 is 24.0 Å². The first kappa shape index (κ1) is 10.0. The van der Waals surface area contributed by atoms with Crippen LogP contribution in [0.5, 0.6) is 0 Å². The molecule has 1 heterocycles. The highest BCUT2D eigenvalue weighted by atomic mass is 16.7. The molecule has 1 atom stereocenters. The molecule has 6 nitrogen and oxygen atoms in total. The van der Waals surface area contributed by atoms with Crippen molar-refractivity contribution >= 4 is 19.1 Å². The van der Waals surface area contributed by atoms with Gasteiger partial charge in [-0.05, 0) is 7.05 Å². The molecule has 0 radical (unpaired) electrons. The van der Waals surface area contributed by atoms with Crippen LogP contribution in [-0.4, -0.2) is 43.8 Å². The first-order valence-electron chi connectivity index (χ1n) is 3.86. The van der Waals surface area contributed by atoms with Gasteiger partial charge < -0.3 is 19.7 Å². The van der Waals surface area contributed by atoms with E-state index >= 15 is 0 Å². The lowest BCUT2D eigenvalue weighted by atomic mass is 9.91. The molecule has 0 spiro atoms. The molecule has 0 amide bonds. The average molecular weight is 187 g/mol. The van der Waals surface area contributed by atoms with Crippen molar-refractivity contribution in [3.63, 3.8) is 0 Å². The average Bonchev–Trinajstić information content (AvgIpc) is 2.31. The Hall–Kier alpha value is -1.08. The van der Waals surface area contributed by atoms with Crippen LogP contribution < -0.4 is 5.32 Å². The molecule has 0 saturated carbocycles. The highest BCUT2D eigenvalue weighted by molar-refractivity contribution is 6.49. The fourth-order valence-corrected chi connectivity index (χ4v) is 1.02. The van der Waals surface area contributed by atoms with Crippen molar-refractivity contribution in [2.75, 3.05) is 13.5 Å². The van der Waals surface area contributed by atoms with Gasteiger partial charge in [-0.3, -0.25) is 9.59 Å². The topological polar surface area (TPSA) is 84.9 Å². The van der Waals surface area contributed by atoms with Gasteiger partial charge in [0.05, 0.1) is 6.42 Å². The zero-order valence-electron chi connectivity index (χ0n) is 7.15. The highest BCUT2D eigenvalue weighted by Crippen LogP contribution is 2.12. The standard InChI is InChI=1S/C6H10BNO5/c1-8-3-7-12-4(2-5(9)10)6(11)13-7/h4,8H,2-3H2,1H3,(H,9,10). The summed E-state index contributed by atoms with van der Waals surface area (Å²) in [6.07, 6.45) is -0.947. The van der Waals surface area contributed by atoms with E-state index in [1.165, 1.54) is 0 Å². The van der Waals surface area contributed by atoms with Crippen molar-refractivity contribution in [2.24, 2.45) is 0 Å². The largest absolute Gasteiger partial charge is 0.542 e. The summed E-state index contributed by atoms with van der Waals surface area (Å²) in [5.74, 6) is -1.69. The van der Waals surface area contributed by atoms with E-state index in [9.17, 15) is 9.59 Å². The summed E-state index contributed by atoms with van der Waals surface area (Å²) in [6, 6.07) is 0. The van der Waals surface area contributed by atoms with E-state index in [-0.39, 0.29) is 6.42 Å². The minimum absolute atomic E-state index is 0.348. The van der Waals surface area contributed by atoms with Crippen LogP contribution in [0.1, 0.15) is 6.42 Å². The number of rotatable bonds is 4. The second-order valence-electron chi connectivity index (χ2n) is 2.65. The van der Waals surface area contributed by atoms with E-state index < -0.39 is 25.2 Å². The predicted octanol–water partition coefficient (Wildman–Crippen LogP) is -1.35. The summed E-state index contributed by atoms with van der Waals surface area (Å²) >= 11 is 0. The van der Waals surface area contributed by atoms with Crippen LogP contribution in [0, 0.1) is 0 Å². The summed E-state index contributed by atoms with van der Waals surface area (Å²) in [7, 11) is 1.02. The number of carboxylic acids is 1. The number of hydrogen-bond acceptors (Lipinski definition) is 5. The van der Waals surface area contributed by atoms with Crippen LogP contribution in [0.2, 0.25) is 0 Å². The Morgan fingerprint density at radius 1 is 1.77 bits per heavy atom. The van der Waals surface area contributed by atoms with Crippen molar-refractivity contribution in [3.05, 3.63) is 0 Å². The maximum atomic E-state index is 11.0. The Labute approximate surface area is 75.3 Å². The first-order valence-corrected chi connectivity index (χ1v) is 3.86. The molecular weight excluding hydrogens is 177 g/mol. The van der Waals surface area contributed by atoms with Gasteiger partial charge in [-0.25, -0.2) is 0 Å². The fourth-order valence-electron chi connectivity index (χ4n) is 1.02. The van der Waals surface area contributed by atoms with Gasteiger partial charge >= 0.3 is 19.1 Å². The minimum atomic E-state index is -1.08. The molecule has 0 aliphatic carbocycles. The van der Waals surface area contributed by atoms with E-state index in [4.69, 9.17) is 14.4 Å². The molecule has 1 rings (SSSR count). The van der Waals surface area contributed by atoms with Crippen LogP contribution in [0.25, 0.3) is 0 Å². The van der Waals surface area contributed by atoms with E-state index in [0.29, 0.717) is 6.44 Å². The Morgan fingerprint density at radius 2 is 2.46 bits per heavy atom. The molecule has 0 aromatic heterocycles. The third kappa shape index (κ3) is 2.71. The molecule has 7 heteroatoms. The summed E-state index contributed by atoms with van der Waals surface area (Å²) in [6.45, 7) is 0. The molecule has 72 valence electrons. The molecule has 0 bridgehead atoms. The van der Waals surface area contributed by atoms with E-state index in [0.717, 1.165) is 0 Å². The summed E-state index contributed by atoms with van der Waals surface area (Å²) in [5, 5.41) is 11.2. The van der Waals surface area contributed by atoms with Crippen molar-refractivity contribution in [2.45, 2.75) is 12.5 Å². The molecule has 1 aliphatic rings. The van der Waals surface area contributed by atoms with Crippen molar-refractivity contribution in [3.8, 4) is 0 Å². The summed E-state index contributed by atoms with van der Waals surface area (Å²) < 4.78 is 9.74. The normalized spacial score (nSPS) is 21.8. The minimum Gasteiger partial charge on any atom is -0.507 e. The summed E-state index contributed by atoms with van der Waals surface area (Å²) in [4.78, 5) is 21.2. The van der Waals surface area contributed by atoms with E-state index in [1.54, 1.807) is 7.05 Å². The highest BCUT2D eigenvalue weighted by Gasteiger charge is 2.40. The third-order valence-corrected chi connectivity index (χ3v) is 1.56. The third-order valence-electron chi connectivity index (χ3n) is 1.56. The van der Waals surface area contributed by atoms with Crippen molar-refractivity contribution in [1.82, 2.24) is 5.32 Å². The molecule has 0 aromatic carbocycles. The van der Waals surface area contributed by atoms with Crippen LogP contribution in [0.15, 0.2) is 0 Å². The maximum absolute atomic E-state index is 11.0. The summed E-state index contributed by atoms with van der Waals surface area (Å²) in [5.41, 5.74) is 0. The second kappa shape index (κ2) is 4.24. The Kier molecular flexibility index (Phi) is 3.27. The van der Waals surface area contributed by atoms with Gasteiger partial charge in [-0.15, -0.1) is 0 Å². The number of carboxylic acid groups (broad SMARTS) is 1. The second-order valence-corrected chi connectivity index (χ2v) is 2.65. The van der Waals surface area contributed by atoms with Gasteiger partial charge in [0.2, 0.25) is 0 Å². The van der Waals surface area contributed by atoms with Crippen LogP contribution in [-0.2, 0) is 18.9 Å². The Bertz CT molecular complexity index is 221. The molecule has 1 unspecified atom stereocenters. The molecule has 1 fully saturated rings. The zero-order chi connectivity index (χ0) is 9.84. The maximum Gasteiger partial charge on any atom is 0.542 e. The SMILES string of the molecule is CNCB1OC(=O)C(CC(=O)O)O1. The Balaban J connectivity index is 2.41. The van der Waals surface area contributed by atoms with Crippen molar-refractivity contribution in [1.29, 1.82) is 0 Å². The predicted molar refractivity (Wildman–Crippen MR) is 42.9 cm³/mol. The number of nitrogens with one attached hydrogen (secondary N) is 1. The molecule has 0 aromatic rings. The lowest BCUT2D eigenvalue weighted by Crippen LogP contribution is -2.30. The smallest absolute Gasteiger partial charge is 0.507 e. The molecule has 2 N–H and O–H groups in total. The van der Waals surface area contributed by atoms with E-state index in [1.807, 2.05) is 0 Å². The van der Waals surface area contributed by atoms with Crippen LogP contribution >= 0.6 is 0 Å². The van der Waals surface area contributed by atoms with Gasteiger partial charge in [-0.1, -0.05) is 0 Å². The van der Waals surface area contributed by atoms with Gasteiger partial charge in [0.15, 0.2) is 6.10 Å². The molecule has 1 aliphatic heterocycles. The molecular formula is C6H10BNO5. The van der Waals surface area contributed by atoms with Gasteiger partial charge in [0, 0.05) is 6.44 Å². The lowest BCUT2D eigenvalue weighted by molar-refractivity contribution is -0.145. The van der Waals surface area contributed by atoms with Gasteiger partial charge in [-0.2, -0.15) is 0 Å². The van der Waals surface area contributed by atoms with E-state index in [2.05, 4.69) is 5.32 Å². The zero-order valence-corrected chi connectivity index (χ0v) is 7.15. The van der Waals surface area contributed by atoms with Crippen LogP contribution in [0.3, 0.4) is 0 Å².